The molecule has 4 nitrogen and oxygen atoms in total. The van der Waals surface area contributed by atoms with Crippen LogP contribution in [0.15, 0.2) is 82.5 Å². The van der Waals surface area contributed by atoms with E-state index in [4.69, 9.17) is 4.42 Å². The Morgan fingerprint density at radius 2 is 1.77 bits per heavy atom. The number of aromatic hydroxyl groups is 1. The van der Waals surface area contributed by atoms with Crippen molar-refractivity contribution in [2.75, 3.05) is 11.9 Å². The standard InChI is InChI=1S/C22H17NO3/c1-2-9-23-18-6-3-15-10-17-12-20(14-4-7-19(24)8-5-14)22(25)26-21(17)13-16(15)11-18/h2-8,10-13,23-24H,1,9H2. The summed E-state index contributed by atoms with van der Waals surface area (Å²) in [5.41, 5.74) is 2.32. The van der Waals surface area contributed by atoms with E-state index >= 15 is 0 Å². The van der Waals surface area contributed by atoms with Crippen LogP contribution in [0.4, 0.5) is 5.69 Å². The number of nitrogens with one attached hydrogen (secondary N) is 1. The van der Waals surface area contributed by atoms with Crippen molar-refractivity contribution in [1.29, 1.82) is 0 Å². The van der Waals surface area contributed by atoms with Crippen molar-refractivity contribution in [2.24, 2.45) is 0 Å². The molecule has 0 saturated heterocycles. The summed E-state index contributed by atoms with van der Waals surface area (Å²) in [5, 5.41) is 15.6. The minimum atomic E-state index is -0.400. The zero-order chi connectivity index (χ0) is 18.1. The topological polar surface area (TPSA) is 62.5 Å². The van der Waals surface area contributed by atoms with Crippen LogP contribution in [-0.4, -0.2) is 11.7 Å². The third kappa shape index (κ3) is 2.93. The third-order valence-electron chi connectivity index (χ3n) is 4.32. The molecule has 26 heavy (non-hydrogen) atoms. The zero-order valence-electron chi connectivity index (χ0n) is 14.0. The molecule has 0 amide bonds. The van der Waals surface area contributed by atoms with Crippen molar-refractivity contribution in [3.05, 3.63) is 83.7 Å². The quantitative estimate of drug-likeness (QED) is 0.314. The van der Waals surface area contributed by atoms with E-state index < -0.39 is 5.63 Å². The van der Waals surface area contributed by atoms with Gasteiger partial charge in [0.25, 0.3) is 0 Å². The van der Waals surface area contributed by atoms with E-state index in [1.54, 1.807) is 30.3 Å². The monoisotopic (exact) mass is 343 g/mol. The Morgan fingerprint density at radius 3 is 2.54 bits per heavy atom. The Morgan fingerprint density at radius 1 is 0.962 bits per heavy atom. The van der Waals surface area contributed by atoms with Crippen molar-refractivity contribution in [3.63, 3.8) is 0 Å². The number of hydrogen-bond donors (Lipinski definition) is 2. The van der Waals surface area contributed by atoms with Gasteiger partial charge in [0, 0.05) is 17.6 Å². The smallest absolute Gasteiger partial charge is 0.344 e. The van der Waals surface area contributed by atoms with Gasteiger partial charge in [0.1, 0.15) is 11.3 Å². The lowest BCUT2D eigenvalue weighted by Crippen LogP contribution is -2.02. The molecule has 0 saturated carbocycles. The Labute approximate surface area is 150 Å². The molecule has 0 radical (unpaired) electrons. The van der Waals surface area contributed by atoms with Gasteiger partial charge in [0.05, 0.1) is 5.56 Å². The van der Waals surface area contributed by atoms with E-state index in [2.05, 4.69) is 11.9 Å². The fourth-order valence-corrected chi connectivity index (χ4v) is 3.01. The third-order valence-corrected chi connectivity index (χ3v) is 4.32. The van der Waals surface area contributed by atoms with Crippen LogP contribution >= 0.6 is 0 Å². The summed E-state index contributed by atoms with van der Waals surface area (Å²) in [7, 11) is 0. The summed E-state index contributed by atoms with van der Waals surface area (Å²) in [6.07, 6.45) is 1.80. The number of anilines is 1. The van der Waals surface area contributed by atoms with Crippen molar-refractivity contribution < 1.29 is 9.52 Å². The number of benzene rings is 3. The van der Waals surface area contributed by atoms with Crippen LogP contribution in [0, 0.1) is 0 Å². The molecule has 1 aromatic heterocycles. The zero-order valence-corrected chi connectivity index (χ0v) is 14.0. The lowest BCUT2D eigenvalue weighted by Gasteiger charge is -2.07. The van der Waals surface area contributed by atoms with Crippen LogP contribution < -0.4 is 10.9 Å². The van der Waals surface area contributed by atoms with E-state index in [1.165, 1.54) is 0 Å². The van der Waals surface area contributed by atoms with Crippen LogP contribution in [-0.2, 0) is 0 Å². The van der Waals surface area contributed by atoms with E-state index in [-0.39, 0.29) is 5.75 Å². The highest BCUT2D eigenvalue weighted by Gasteiger charge is 2.09. The van der Waals surface area contributed by atoms with Crippen LogP contribution in [0.3, 0.4) is 0 Å². The van der Waals surface area contributed by atoms with Crippen LogP contribution in [0.5, 0.6) is 5.75 Å². The summed E-state index contributed by atoms with van der Waals surface area (Å²) in [6.45, 7) is 4.39. The Kier molecular flexibility index (Phi) is 3.93. The second-order valence-corrected chi connectivity index (χ2v) is 6.12. The summed E-state index contributed by atoms with van der Waals surface area (Å²) < 4.78 is 5.55. The van der Waals surface area contributed by atoms with Gasteiger partial charge in [-0.15, -0.1) is 6.58 Å². The van der Waals surface area contributed by atoms with Gasteiger partial charge in [-0.2, -0.15) is 0 Å². The number of rotatable bonds is 4. The molecule has 128 valence electrons. The lowest BCUT2D eigenvalue weighted by molar-refractivity contribution is 0.475. The van der Waals surface area contributed by atoms with E-state index in [9.17, 15) is 9.90 Å². The minimum absolute atomic E-state index is 0.158. The molecular formula is C22H17NO3. The SMILES string of the molecule is C=CCNc1ccc2cc3cc(-c4ccc(O)cc4)c(=O)oc3cc2c1. The largest absolute Gasteiger partial charge is 0.508 e. The predicted octanol–water partition coefficient (Wildman–Crippen LogP) is 4.92. The van der Waals surface area contributed by atoms with E-state index in [1.807, 2.05) is 36.4 Å². The maximum Gasteiger partial charge on any atom is 0.344 e. The molecule has 4 heteroatoms. The summed E-state index contributed by atoms with van der Waals surface area (Å²) in [5.74, 6) is 0.158. The van der Waals surface area contributed by atoms with Gasteiger partial charge in [0.15, 0.2) is 0 Å². The van der Waals surface area contributed by atoms with Crippen molar-refractivity contribution >= 4 is 27.4 Å². The van der Waals surface area contributed by atoms with Crippen LogP contribution in [0.2, 0.25) is 0 Å². The van der Waals surface area contributed by atoms with Crippen LogP contribution in [0.25, 0.3) is 32.9 Å². The second-order valence-electron chi connectivity index (χ2n) is 6.12. The number of phenolic OH excluding ortho intramolecular Hbond substituents is 1. The highest BCUT2D eigenvalue weighted by atomic mass is 16.4. The average molecular weight is 343 g/mol. The van der Waals surface area contributed by atoms with Gasteiger partial charge in [-0.1, -0.05) is 24.3 Å². The molecule has 4 rings (SSSR count). The Bertz CT molecular complexity index is 1170. The maximum absolute atomic E-state index is 12.4. The summed E-state index contributed by atoms with van der Waals surface area (Å²) in [4.78, 5) is 12.4. The van der Waals surface area contributed by atoms with Crippen molar-refractivity contribution in [3.8, 4) is 16.9 Å². The molecule has 0 aliphatic heterocycles. The fraction of sp³-hybridized carbons (Fsp3) is 0.0455. The normalized spacial score (nSPS) is 10.9. The minimum Gasteiger partial charge on any atom is -0.508 e. The summed E-state index contributed by atoms with van der Waals surface area (Å²) >= 11 is 0. The van der Waals surface area contributed by atoms with Gasteiger partial charge in [-0.3, -0.25) is 0 Å². The molecule has 0 atom stereocenters. The number of phenols is 1. The molecule has 0 aliphatic carbocycles. The molecular weight excluding hydrogens is 326 g/mol. The molecule has 0 spiro atoms. The Hall–Kier alpha value is -3.53. The predicted molar refractivity (Wildman–Crippen MR) is 106 cm³/mol. The van der Waals surface area contributed by atoms with Gasteiger partial charge in [-0.25, -0.2) is 4.79 Å². The molecule has 0 fully saturated rings. The first-order valence-corrected chi connectivity index (χ1v) is 8.30. The van der Waals surface area contributed by atoms with Crippen molar-refractivity contribution in [2.45, 2.75) is 0 Å². The van der Waals surface area contributed by atoms with Crippen LogP contribution in [0.1, 0.15) is 0 Å². The maximum atomic E-state index is 12.4. The molecule has 0 bridgehead atoms. The van der Waals surface area contributed by atoms with E-state index in [0.29, 0.717) is 23.3 Å². The summed E-state index contributed by atoms with van der Waals surface area (Å²) in [6, 6.07) is 18.3. The molecule has 0 aliphatic rings. The molecule has 1 heterocycles. The first-order valence-electron chi connectivity index (χ1n) is 8.30. The molecule has 2 N–H and O–H groups in total. The van der Waals surface area contributed by atoms with Gasteiger partial charge < -0.3 is 14.8 Å². The highest BCUT2D eigenvalue weighted by molar-refractivity contribution is 5.98. The van der Waals surface area contributed by atoms with Gasteiger partial charge >= 0.3 is 5.63 Å². The van der Waals surface area contributed by atoms with Gasteiger partial charge in [-0.05, 0) is 58.8 Å². The van der Waals surface area contributed by atoms with E-state index in [0.717, 1.165) is 21.8 Å². The first kappa shape index (κ1) is 16.0. The highest BCUT2D eigenvalue weighted by Crippen LogP contribution is 2.28. The fourth-order valence-electron chi connectivity index (χ4n) is 3.01. The second kappa shape index (κ2) is 6.41. The Balaban J connectivity index is 1.85. The number of fused-ring (bicyclic) bond motifs is 2. The molecule has 4 aromatic rings. The van der Waals surface area contributed by atoms with Gasteiger partial charge in [0.2, 0.25) is 0 Å². The number of hydrogen-bond acceptors (Lipinski definition) is 4. The van der Waals surface area contributed by atoms with Crippen molar-refractivity contribution in [1.82, 2.24) is 0 Å². The average Bonchev–Trinajstić information content (AvgIpc) is 2.65. The lowest BCUT2D eigenvalue weighted by atomic mass is 10.0. The molecule has 0 unspecified atom stereocenters. The first-order chi connectivity index (χ1) is 12.6. The molecule has 3 aromatic carbocycles.